The molecule has 0 aliphatic rings. The molecule has 44 heavy (non-hydrogen) atoms. The first-order valence-electron chi connectivity index (χ1n) is 12.2. The third kappa shape index (κ3) is 6.35. The van der Waals surface area contributed by atoms with Crippen molar-refractivity contribution >= 4 is 45.4 Å². The van der Waals surface area contributed by atoms with Crippen molar-refractivity contribution in [2.75, 3.05) is 17.2 Å². The van der Waals surface area contributed by atoms with Crippen molar-refractivity contribution in [1.29, 1.82) is 0 Å². The third-order valence-electron chi connectivity index (χ3n) is 6.22. The molecule has 0 radical (unpaired) electrons. The van der Waals surface area contributed by atoms with E-state index in [4.69, 9.17) is 17.2 Å². The summed E-state index contributed by atoms with van der Waals surface area (Å²) in [4.78, 5) is 13.6. The lowest BCUT2D eigenvalue weighted by molar-refractivity contribution is -0.383. The molecule has 6 N–H and O–H groups in total. The normalized spacial score (nSPS) is 11.9. The highest BCUT2D eigenvalue weighted by atomic mass is 32.1. The molecule has 16 heteroatoms. The maximum atomic E-state index is 12.5. The number of nitrogen functional groups attached to an aromatic ring is 3. The number of rotatable bonds is 7. The molecule has 2 heterocycles. The van der Waals surface area contributed by atoms with Gasteiger partial charge < -0.3 is 26.7 Å². The summed E-state index contributed by atoms with van der Waals surface area (Å²) >= 11 is 2.24. The van der Waals surface area contributed by atoms with Crippen molar-refractivity contribution in [3.05, 3.63) is 82.9 Å². The second-order valence-corrected chi connectivity index (χ2v) is 11.2. The van der Waals surface area contributed by atoms with Gasteiger partial charge in [-0.3, -0.25) is 10.1 Å². The average molecular weight is 653 g/mol. The lowest BCUT2D eigenvalue weighted by Gasteiger charge is -2.15. The lowest BCUT2D eigenvalue weighted by Crippen LogP contribution is -2.16. The van der Waals surface area contributed by atoms with E-state index < -0.39 is 34.8 Å². The summed E-state index contributed by atoms with van der Waals surface area (Å²) in [5.41, 5.74) is 19.4. The molecule has 0 aliphatic heterocycles. The molecule has 0 spiro atoms. The number of ether oxygens (including phenoxy) is 2. The highest BCUT2D eigenvalue weighted by molar-refractivity contribution is 7.19. The third-order valence-corrected chi connectivity index (χ3v) is 8.53. The molecule has 0 saturated carbocycles. The molecule has 0 amide bonds. The molecular formula is C28H18F6N4O4S2. The Morgan fingerprint density at radius 2 is 0.932 bits per heavy atom. The molecule has 8 nitrogen and oxygen atoms in total. The molecule has 5 rings (SSSR count). The van der Waals surface area contributed by atoms with Crippen LogP contribution in [0, 0.1) is 10.1 Å². The molecule has 3 aromatic carbocycles. The van der Waals surface area contributed by atoms with Gasteiger partial charge in [0.15, 0.2) is 0 Å². The highest BCUT2D eigenvalue weighted by Crippen LogP contribution is 2.53. The molecule has 0 saturated heterocycles. The molecule has 0 bridgehead atoms. The largest absolute Gasteiger partial charge is 0.573 e. The summed E-state index contributed by atoms with van der Waals surface area (Å²) < 4.78 is 82.7. The van der Waals surface area contributed by atoms with E-state index in [1.54, 1.807) is 24.3 Å². The summed E-state index contributed by atoms with van der Waals surface area (Å²) in [7, 11) is 0. The van der Waals surface area contributed by atoms with Crippen LogP contribution in [0.25, 0.3) is 41.8 Å². The van der Waals surface area contributed by atoms with Gasteiger partial charge in [-0.2, -0.15) is 0 Å². The first-order valence-corrected chi connectivity index (χ1v) is 13.8. The summed E-state index contributed by atoms with van der Waals surface area (Å²) in [6.07, 6.45) is -9.68. The van der Waals surface area contributed by atoms with E-state index in [0.717, 1.165) is 46.9 Å². The Bertz CT molecular complexity index is 1850. The van der Waals surface area contributed by atoms with E-state index in [9.17, 15) is 36.5 Å². The van der Waals surface area contributed by atoms with Crippen LogP contribution in [0.1, 0.15) is 0 Å². The fourth-order valence-corrected chi connectivity index (χ4v) is 6.55. The zero-order valence-corrected chi connectivity index (χ0v) is 23.5. The van der Waals surface area contributed by atoms with Gasteiger partial charge in [-0.15, -0.1) is 49.0 Å². The van der Waals surface area contributed by atoms with Crippen LogP contribution in [-0.2, 0) is 0 Å². The monoisotopic (exact) mass is 652 g/mol. The van der Waals surface area contributed by atoms with Crippen LogP contribution >= 0.6 is 22.7 Å². The highest BCUT2D eigenvalue weighted by Gasteiger charge is 2.33. The average Bonchev–Trinajstić information content (AvgIpc) is 3.60. The summed E-state index contributed by atoms with van der Waals surface area (Å²) in [6, 6.07) is 16.7. The number of thiophene rings is 2. The zero-order valence-electron chi connectivity index (χ0n) is 21.8. The number of halogens is 6. The molecule has 5 aromatic rings. The summed E-state index contributed by atoms with van der Waals surface area (Å²) in [5, 5.41) is 12.3. The topological polar surface area (TPSA) is 140 Å². The van der Waals surface area contributed by atoms with E-state index in [1.807, 2.05) is 0 Å². The van der Waals surface area contributed by atoms with Crippen molar-refractivity contribution in [3.8, 4) is 53.3 Å². The van der Waals surface area contributed by atoms with Gasteiger partial charge in [-0.1, -0.05) is 0 Å². The number of nitro benzene ring substituents is 1. The van der Waals surface area contributed by atoms with E-state index >= 15 is 0 Å². The molecule has 228 valence electrons. The van der Waals surface area contributed by atoms with Gasteiger partial charge >= 0.3 is 18.4 Å². The van der Waals surface area contributed by atoms with Crippen molar-refractivity contribution in [2.24, 2.45) is 0 Å². The first-order chi connectivity index (χ1) is 20.6. The number of hydrogen-bond donors (Lipinski definition) is 3. The molecule has 0 unspecified atom stereocenters. The predicted molar refractivity (Wildman–Crippen MR) is 157 cm³/mol. The number of benzene rings is 3. The van der Waals surface area contributed by atoms with E-state index in [2.05, 4.69) is 9.47 Å². The number of hydrogen-bond acceptors (Lipinski definition) is 9. The Labute approximate surface area is 252 Å². The quantitative estimate of drug-likeness (QED) is 0.0690. The van der Waals surface area contributed by atoms with E-state index in [0.29, 0.717) is 30.6 Å². The fraction of sp³-hybridized carbons (Fsp3) is 0.0714. The standard InChI is InChI=1S/C28H18F6N4O4S2/c29-27(30,31)41-15-5-1-13(2-6-15)17-9-11-19(43-17)21-23(35)24(36)22(26(25(21)37)38(39)40)20-12-10-18(44-20)14-3-7-16(8-4-14)42-28(32,33)34/h1-12H,35-37H2. The molecular weight excluding hydrogens is 634 g/mol. The molecule has 0 aliphatic carbocycles. The minimum atomic E-state index is -4.84. The van der Waals surface area contributed by atoms with Crippen LogP contribution in [0.3, 0.4) is 0 Å². The number of anilines is 3. The Hall–Kier alpha value is -4.96. The van der Waals surface area contributed by atoms with Gasteiger partial charge in [0.25, 0.3) is 0 Å². The number of nitro groups is 1. The Morgan fingerprint density at radius 3 is 1.32 bits per heavy atom. The van der Waals surface area contributed by atoms with Crippen LogP contribution in [-0.4, -0.2) is 17.6 Å². The maximum Gasteiger partial charge on any atom is 0.573 e. The van der Waals surface area contributed by atoms with Gasteiger partial charge in [-0.05, 0) is 83.9 Å². The van der Waals surface area contributed by atoms with E-state index in [-0.39, 0.29) is 28.2 Å². The summed E-state index contributed by atoms with van der Waals surface area (Å²) in [5.74, 6) is -0.798. The van der Waals surface area contributed by atoms with Gasteiger partial charge in [0, 0.05) is 25.1 Å². The SMILES string of the molecule is Nc1c(N)c(-c2ccc(-c3ccc(OC(F)(F)F)cc3)s2)c([N+](=O)[O-])c(N)c1-c1ccc(-c2ccc(OC(F)(F)F)cc2)s1. The van der Waals surface area contributed by atoms with Crippen molar-refractivity contribution in [2.45, 2.75) is 12.7 Å². The minimum absolute atomic E-state index is 0.0148. The van der Waals surface area contributed by atoms with Crippen LogP contribution in [0.2, 0.25) is 0 Å². The molecule has 0 fully saturated rings. The van der Waals surface area contributed by atoms with Gasteiger partial charge in [0.1, 0.15) is 17.2 Å². The maximum absolute atomic E-state index is 12.5. The lowest BCUT2D eigenvalue weighted by atomic mass is 9.99. The minimum Gasteiger partial charge on any atom is -0.406 e. The fourth-order valence-electron chi connectivity index (χ4n) is 4.40. The number of nitrogens with zero attached hydrogens (tertiary/aromatic N) is 1. The summed E-state index contributed by atoms with van der Waals surface area (Å²) in [6.45, 7) is 0. The van der Waals surface area contributed by atoms with Crippen molar-refractivity contribution in [3.63, 3.8) is 0 Å². The number of nitrogens with two attached hydrogens (primary N) is 3. The second kappa shape index (κ2) is 11.3. The second-order valence-electron chi connectivity index (χ2n) is 9.07. The number of alkyl halides is 6. The Morgan fingerprint density at radius 1 is 0.568 bits per heavy atom. The Kier molecular flexibility index (Phi) is 7.81. The molecule has 0 atom stereocenters. The molecule has 2 aromatic heterocycles. The smallest absolute Gasteiger partial charge is 0.406 e. The van der Waals surface area contributed by atoms with Crippen molar-refractivity contribution in [1.82, 2.24) is 0 Å². The van der Waals surface area contributed by atoms with Gasteiger partial charge in [0.05, 0.1) is 21.9 Å². The first kappa shape index (κ1) is 30.5. The van der Waals surface area contributed by atoms with Crippen LogP contribution < -0.4 is 26.7 Å². The van der Waals surface area contributed by atoms with Crippen LogP contribution in [0.5, 0.6) is 11.5 Å². The van der Waals surface area contributed by atoms with E-state index in [1.165, 1.54) is 24.3 Å². The van der Waals surface area contributed by atoms with Crippen molar-refractivity contribution < 1.29 is 40.7 Å². The predicted octanol–water partition coefficient (Wildman–Crippen LogP) is 8.93. The van der Waals surface area contributed by atoms with Gasteiger partial charge in [-0.25, -0.2) is 0 Å². The van der Waals surface area contributed by atoms with Crippen LogP contribution in [0.15, 0.2) is 72.8 Å². The Balaban J connectivity index is 1.50. The van der Waals surface area contributed by atoms with Crippen LogP contribution in [0.4, 0.5) is 49.1 Å². The zero-order chi connectivity index (χ0) is 32.0. The van der Waals surface area contributed by atoms with Gasteiger partial charge in [0.2, 0.25) is 0 Å².